The summed E-state index contributed by atoms with van der Waals surface area (Å²) in [6, 6.07) is 0. The third-order valence-corrected chi connectivity index (χ3v) is 7.63. The zero-order chi connectivity index (χ0) is 16.5. The fourth-order valence-electron chi connectivity index (χ4n) is 4.52. The average molecular weight is 344 g/mol. The minimum absolute atomic E-state index is 0.556. The molecule has 2 rings (SSSR count). The molecule has 0 aliphatic heterocycles. The van der Waals surface area contributed by atoms with Crippen LogP contribution in [0.5, 0.6) is 0 Å². The van der Waals surface area contributed by atoms with Gasteiger partial charge in [0.05, 0.1) is 0 Å². The van der Waals surface area contributed by atoms with Gasteiger partial charge < -0.3 is 13.3 Å². The smallest absolute Gasteiger partial charge is 0.362 e. The molecule has 0 aromatic heterocycles. The van der Waals surface area contributed by atoms with Crippen LogP contribution in [0.4, 0.5) is 0 Å². The van der Waals surface area contributed by atoms with Crippen LogP contribution in [0.1, 0.15) is 78.1 Å². The van der Waals surface area contributed by atoms with Crippen LogP contribution in [-0.2, 0) is 13.3 Å². The van der Waals surface area contributed by atoms with Gasteiger partial charge in [0, 0.05) is 19.8 Å². The highest BCUT2D eigenvalue weighted by Crippen LogP contribution is 2.40. The van der Waals surface area contributed by atoms with Crippen molar-refractivity contribution >= 4 is 8.97 Å². The van der Waals surface area contributed by atoms with E-state index in [0.29, 0.717) is 19.1 Å². The van der Waals surface area contributed by atoms with Crippen molar-refractivity contribution in [2.24, 2.45) is 23.2 Å². The summed E-state index contributed by atoms with van der Waals surface area (Å²) >= 11 is 0. The van der Waals surface area contributed by atoms with Crippen LogP contribution in [0.3, 0.4) is 0 Å². The van der Waals surface area contributed by atoms with E-state index in [9.17, 15) is 0 Å². The first-order valence-corrected chi connectivity index (χ1v) is 11.7. The van der Waals surface area contributed by atoms with Crippen molar-refractivity contribution < 1.29 is 13.3 Å². The van der Waals surface area contributed by atoms with Gasteiger partial charge >= 0.3 is 8.97 Å². The SMILES string of the molecule is CCO[Si](N)(OCC)OCC(C1CCCCC1)C1CCCCC1. The van der Waals surface area contributed by atoms with Gasteiger partial charge in [0.25, 0.3) is 0 Å². The first-order chi connectivity index (χ1) is 11.2. The van der Waals surface area contributed by atoms with Gasteiger partial charge in [-0.25, -0.2) is 0 Å². The Morgan fingerprint density at radius 3 is 1.61 bits per heavy atom. The van der Waals surface area contributed by atoms with Crippen LogP contribution < -0.4 is 5.40 Å². The fourth-order valence-corrected chi connectivity index (χ4v) is 6.00. The predicted molar refractivity (Wildman–Crippen MR) is 95.8 cm³/mol. The van der Waals surface area contributed by atoms with E-state index < -0.39 is 8.97 Å². The molecule has 0 bridgehead atoms. The molecule has 2 aliphatic carbocycles. The van der Waals surface area contributed by atoms with E-state index in [-0.39, 0.29) is 0 Å². The highest BCUT2D eigenvalue weighted by atomic mass is 28.4. The highest BCUT2D eigenvalue weighted by Gasteiger charge is 2.40. The third kappa shape index (κ3) is 6.13. The molecule has 0 unspecified atom stereocenters. The van der Waals surface area contributed by atoms with Gasteiger partial charge in [-0.3, -0.25) is 5.40 Å². The second-order valence-corrected chi connectivity index (χ2v) is 9.31. The Morgan fingerprint density at radius 2 is 1.22 bits per heavy atom. The van der Waals surface area contributed by atoms with E-state index in [1.54, 1.807) is 0 Å². The number of hydrogen-bond donors (Lipinski definition) is 1. The largest absolute Gasteiger partial charge is 0.594 e. The summed E-state index contributed by atoms with van der Waals surface area (Å²) in [5, 5.41) is 6.30. The summed E-state index contributed by atoms with van der Waals surface area (Å²) in [6.07, 6.45) is 13.8. The monoisotopic (exact) mass is 343 g/mol. The molecule has 0 heterocycles. The molecule has 2 saturated carbocycles. The van der Waals surface area contributed by atoms with Gasteiger partial charge in [-0.1, -0.05) is 64.2 Å². The summed E-state index contributed by atoms with van der Waals surface area (Å²) in [4.78, 5) is 0. The molecule has 4 nitrogen and oxygen atoms in total. The second-order valence-electron chi connectivity index (χ2n) is 7.24. The quantitative estimate of drug-likeness (QED) is 0.636. The van der Waals surface area contributed by atoms with E-state index in [4.69, 9.17) is 18.7 Å². The molecule has 0 amide bonds. The Labute approximate surface area is 143 Å². The van der Waals surface area contributed by atoms with Gasteiger partial charge in [-0.2, -0.15) is 0 Å². The van der Waals surface area contributed by atoms with Gasteiger partial charge in [0.1, 0.15) is 0 Å². The van der Waals surface area contributed by atoms with Crippen LogP contribution in [0.2, 0.25) is 0 Å². The zero-order valence-electron chi connectivity index (χ0n) is 15.2. The van der Waals surface area contributed by atoms with Crippen molar-refractivity contribution in [2.45, 2.75) is 78.1 Å². The fraction of sp³-hybridized carbons (Fsp3) is 1.00. The van der Waals surface area contributed by atoms with Crippen LogP contribution in [0, 0.1) is 17.8 Å². The van der Waals surface area contributed by atoms with E-state index >= 15 is 0 Å². The molecule has 0 spiro atoms. The second kappa shape index (κ2) is 10.1. The maximum atomic E-state index is 6.30. The summed E-state index contributed by atoms with van der Waals surface area (Å²) < 4.78 is 17.5. The summed E-state index contributed by atoms with van der Waals surface area (Å²) in [7, 11) is -2.94. The Kier molecular flexibility index (Phi) is 8.54. The Hall–Kier alpha value is 0.0569. The molecule has 0 saturated heterocycles. The van der Waals surface area contributed by atoms with Gasteiger partial charge in [0.2, 0.25) is 0 Å². The lowest BCUT2D eigenvalue weighted by atomic mass is 9.70. The lowest BCUT2D eigenvalue weighted by Crippen LogP contribution is -2.56. The van der Waals surface area contributed by atoms with E-state index in [1.165, 1.54) is 64.2 Å². The van der Waals surface area contributed by atoms with Crippen molar-refractivity contribution in [2.75, 3.05) is 19.8 Å². The van der Waals surface area contributed by atoms with Crippen molar-refractivity contribution in [3.63, 3.8) is 0 Å². The van der Waals surface area contributed by atoms with Crippen molar-refractivity contribution in [1.29, 1.82) is 0 Å². The number of rotatable bonds is 9. The Balaban J connectivity index is 1.97. The number of nitrogens with two attached hydrogens (primary N) is 1. The lowest BCUT2D eigenvalue weighted by Gasteiger charge is -2.39. The van der Waals surface area contributed by atoms with Gasteiger partial charge in [-0.05, 0) is 31.6 Å². The first-order valence-electron chi connectivity index (χ1n) is 9.89. The van der Waals surface area contributed by atoms with Crippen LogP contribution in [-0.4, -0.2) is 28.8 Å². The zero-order valence-corrected chi connectivity index (χ0v) is 16.2. The molecule has 5 heteroatoms. The molecule has 23 heavy (non-hydrogen) atoms. The maximum Gasteiger partial charge on any atom is 0.594 e. The molecule has 0 radical (unpaired) electrons. The Morgan fingerprint density at radius 1 is 0.783 bits per heavy atom. The molecule has 136 valence electrons. The van der Waals surface area contributed by atoms with Crippen LogP contribution in [0.15, 0.2) is 0 Å². The summed E-state index contributed by atoms with van der Waals surface area (Å²) in [6.45, 7) is 5.76. The van der Waals surface area contributed by atoms with Gasteiger partial charge in [-0.15, -0.1) is 0 Å². The molecular formula is C18H37NO3Si. The van der Waals surface area contributed by atoms with Crippen LogP contribution >= 0.6 is 0 Å². The highest BCUT2D eigenvalue weighted by molar-refractivity contribution is 6.56. The molecule has 0 aromatic rings. The summed E-state index contributed by atoms with van der Waals surface area (Å²) in [5.41, 5.74) is 0. The first kappa shape index (κ1) is 19.4. The Bertz CT molecular complexity index is 293. The van der Waals surface area contributed by atoms with Crippen molar-refractivity contribution in [1.82, 2.24) is 0 Å². The normalized spacial score (nSPS) is 21.9. The van der Waals surface area contributed by atoms with E-state index in [2.05, 4.69) is 0 Å². The van der Waals surface area contributed by atoms with Gasteiger partial charge in [0.15, 0.2) is 0 Å². The minimum Gasteiger partial charge on any atom is -0.362 e. The molecular weight excluding hydrogens is 306 g/mol. The maximum absolute atomic E-state index is 6.30. The molecule has 2 aliphatic rings. The minimum atomic E-state index is -2.94. The number of hydrogen-bond acceptors (Lipinski definition) is 4. The van der Waals surface area contributed by atoms with E-state index in [0.717, 1.165) is 18.4 Å². The summed E-state index contributed by atoms with van der Waals surface area (Å²) in [5.74, 6) is 2.27. The third-order valence-electron chi connectivity index (χ3n) is 5.68. The van der Waals surface area contributed by atoms with E-state index in [1.807, 2.05) is 13.8 Å². The van der Waals surface area contributed by atoms with Crippen molar-refractivity contribution in [3.05, 3.63) is 0 Å². The lowest BCUT2D eigenvalue weighted by molar-refractivity contribution is 0.0209. The van der Waals surface area contributed by atoms with Crippen molar-refractivity contribution in [3.8, 4) is 0 Å². The molecule has 2 N–H and O–H groups in total. The molecule has 0 aromatic carbocycles. The average Bonchev–Trinajstić information content (AvgIpc) is 2.57. The predicted octanol–water partition coefficient (Wildman–Crippen LogP) is 4.25. The van der Waals surface area contributed by atoms with Crippen LogP contribution in [0.25, 0.3) is 0 Å². The standard InChI is InChI=1S/C18H37NO3Si/c1-3-20-23(19,21-4-2)22-15-18(16-11-7-5-8-12-16)17-13-9-6-10-14-17/h16-18H,3-15,19H2,1-2H3. The topological polar surface area (TPSA) is 53.7 Å². The molecule has 2 fully saturated rings. The molecule has 0 atom stereocenters.